The summed E-state index contributed by atoms with van der Waals surface area (Å²) >= 11 is 0. The van der Waals surface area contributed by atoms with Gasteiger partial charge in [-0.3, -0.25) is 0 Å². The van der Waals surface area contributed by atoms with Crippen molar-refractivity contribution in [3.8, 4) is 0 Å². The summed E-state index contributed by atoms with van der Waals surface area (Å²) in [5.74, 6) is -3.45. The minimum atomic E-state index is -1.20. The van der Waals surface area contributed by atoms with E-state index < -0.39 is 17.6 Å². The van der Waals surface area contributed by atoms with Crippen molar-refractivity contribution >= 4 is 11.5 Å². The number of benzene rings is 1. The van der Waals surface area contributed by atoms with Crippen LogP contribution in [0.25, 0.3) is 5.57 Å². The second kappa shape index (κ2) is 8.85. The van der Waals surface area contributed by atoms with E-state index in [9.17, 15) is 13.6 Å². The van der Waals surface area contributed by atoms with Gasteiger partial charge in [0.15, 0.2) is 5.76 Å². The molecular formula is C25H22F2O2. The number of rotatable bonds is 3. The molecule has 0 fully saturated rings. The van der Waals surface area contributed by atoms with E-state index in [0.29, 0.717) is 16.7 Å². The molecule has 0 bridgehead atoms. The van der Waals surface area contributed by atoms with Crippen molar-refractivity contribution in [2.75, 3.05) is 0 Å². The maximum Gasteiger partial charge on any atom is 0.343 e. The highest BCUT2D eigenvalue weighted by molar-refractivity contribution is 5.92. The lowest BCUT2D eigenvalue weighted by Gasteiger charge is -2.12. The molecule has 0 spiro atoms. The summed E-state index contributed by atoms with van der Waals surface area (Å²) in [7, 11) is 0. The molecule has 148 valence electrons. The number of ether oxygens (including phenoxy) is 1. The van der Waals surface area contributed by atoms with Gasteiger partial charge in [0.05, 0.1) is 5.56 Å². The molecule has 0 saturated carbocycles. The Morgan fingerprint density at radius 3 is 2.55 bits per heavy atom. The van der Waals surface area contributed by atoms with Crippen LogP contribution in [0.4, 0.5) is 8.78 Å². The van der Waals surface area contributed by atoms with Crippen LogP contribution in [0.2, 0.25) is 0 Å². The third-order valence-corrected chi connectivity index (χ3v) is 4.70. The van der Waals surface area contributed by atoms with E-state index in [1.54, 1.807) is 32.1 Å². The highest BCUT2D eigenvalue weighted by atomic mass is 19.2. The third kappa shape index (κ3) is 4.98. The number of allylic oxidation sites excluding steroid dienone is 10. The number of esters is 1. The van der Waals surface area contributed by atoms with Gasteiger partial charge >= 0.3 is 5.97 Å². The maximum atomic E-state index is 14.3. The Hall–Kier alpha value is -3.23. The third-order valence-electron chi connectivity index (χ3n) is 4.70. The van der Waals surface area contributed by atoms with Crippen LogP contribution in [0.1, 0.15) is 48.2 Å². The molecule has 2 aliphatic rings. The predicted octanol–water partition coefficient (Wildman–Crippen LogP) is 6.98. The molecule has 0 amide bonds. The minimum absolute atomic E-state index is 0.0233. The monoisotopic (exact) mass is 392 g/mol. The van der Waals surface area contributed by atoms with Gasteiger partial charge in [0.25, 0.3) is 0 Å². The fourth-order valence-corrected chi connectivity index (χ4v) is 3.07. The van der Waals surface area contributed by atoms with Gasteiger partial charge in [0.2, 0.25) is 11.7 Å². The molecule has 0 atom stereocenters. The first kappa shape index (κ1) is 20.5. The summed E-state index contributed by atoms with van der Waals surface area (Å²) < 4.78 is 33.3. The molecule has 2 aliphatic carbocycles. The number of aryl methyl sites for hydroxylation is 1. The van der Waals surface area contributed by atoms with Crippen LogP contribution in [-0.4, -0.2) is 5.97 Å². The van der Waals surface area contributed by atoms with Crippen molar-refractivity contribution in [3.63, 3.8) is 0 Å². The predicted molar refractivity (Wildman–Crippen MR) is 111 cm³/mol. The van der Waals surface area contributed by atoms with Crippen LogP contribution in [-0.2, 0) is 4.74 Å². The number of hydrogen-bond donors (Lipinski definition) is 0. The smallest absolute Gasteiger partial charge is 0.343 e. The Balaban J connectivity index is 1.86. The quantitative estimate of drug-likeness (QED) is 0.410. The van der Waals surface area contributed by atoms with E-state index in [4.69, 9.17) is 4.74 Å². The van der Waals surface area contributed by atoms with Crippen LogP contribution in [0, 0.1) is 6.92 Å². The SMILES string of the molecule is CC1=C=C(F)/C(F)=C(/OC(=O)c2ccc(C3=CC=C(C)CC=C3)cc2C)C/C=C\1. The fourth-order valence-electron chi connectivity index (χ4n) is 3.07. The van der Waals surface area contributed by atoms with Gasteiger partial charge in [-0.1, -0.05) is 59.9 Å². The standard InChI is InChI=1S/C25H22F2O2/c1-16-6-4-8-19(11-10-16)20-12-13-21(18(3)15-20)25(28)29-23-9-5-7-17(2)14-22(26)24(23)27/h4-5,7-8,10-13,15H,6,9H2,1-3H3/b7-5-,24-23-. The highest BCUT2D eigenvalue weighted by Crippen LogP contribution is 2.27. The second-order valence-electron chi connectivity index (χ2n) is 7.13. The number of halogens is 2. The van der Waals surface area contributed by atoms with Gasteiger partial charge in [-0.05, 0) is 55.5 Å². The zero-order valence-corrected chi connectivity index (χ0v) is 16.7. The van der Waals surface area contributed by atoms with Gasteiger partial charge < -0.3 is 4.74 Å². The van der Waals surface area contributed by atoms with Crippen LogP contribution < -0.4 is 0 Å². The minimum Gasteiger partial charge on any atom is -0.424 e. The Bertz CT molecular complexity index is 1070. The van der Waals surface area contributed by atoms with E-state index in [-0.39, 0.29) is 12.2 Å². The van der Waals surface area contributed by atoms with Crippen LogP contribution >= 0.6 is 0 Å². The lowest BCUT2D eigenvalue weighted by Crippen LogP contribution is -2.09. The molecule has 0 aromatic heterocycles. The molecular weight excluding hydrogens is 370 g/mol. The molecule has 0 saturated heterocycles. The fraction of sp³-hybridized carbons (Fsp3) is 0.200. The molecule has 0 aliphatic heterocycles. The number of carbonyl (C=O) groups is 1. The molecule has 3 rings (SSSR count). The Morgan fingerprint density at radius 1 is 1.03 bits per heavy atom. The molecule has 2 nitrogen and oxygen atoms in total. The molecule has 0 radical (unpaired) electrons. The zero-order valence-electron chi connectivity index (χ0n) is 16.7. The van der Waals surface area contributed by atoms with E-state index in [0.717, 1.165) is 17.6 Å². The van der Waals surface area contributed by atoms with E-state index in [1.807, 2.05) is 24.3 Å². The summed E-state index contributed by atoms with van der Waals surface area (Å²) in [6.45, 7) is 5.47. The molecule has 0 unspecified atom stereocenters. The first-order valence-corrected chi connectivity index (χ1v) is 9.41. The Morgan fingerprint density at radius 2 is 1.79 bits per heavy atom. The lowest BCUT2D eigenvalue weighted by atomic mass is 9.99. The Labute approximate surface area is 169 Å². The molecule has 0 N–H and O–H groups in total. The first-order valence-electron chi connectivity index (χ1n) is 9.41. The Kier molecular flexibility index (Phi) is 6.26. The van der Waals surface area contributed by atoms with E-state index in [1.165, 1.54) is 5.57 Å². The highest BCUT2D eigenvalue weighted by Gasteiger charge is 2.19. The zero-order chi connectivity index (χ0) is 21.0. The van der Waals surface area contributed by atoms with Gasteiger partial charge in [-0.2, -0.15) is 8.78 Å². The summed E-state index contributed by atoms with van der Waals surface area (Å²) in [6, 6.07) is 5.36. The van der Waals surface area contributed by atoms with E-state index in [2.05, 4.69) is 24.8 Å². The number of carbonyl (C=O) groups excluding carboxylic acids is 1. The normalized spacial score (nSPS) is 20.4. The lowest BCUT2D eigenvalue weighted by molar-refractivity contribution is 0.0608. The largest absolute Gasteiger partial charge is 0.424 e. The molecule has 1 aromatic carbocycles. The summed E-state index contributed by atoms with van der Waals surface area (Å²) in [4.78, 5) is 12.6. The van der Waals surface area contributed by atoms with Crippen molar-refractivity contribution in [3.05, 3.63) is 106 Å². The van der Waals surface area contributed by atoms with Gasteiger partial charge in [0.1, 0.15) is 0 Å². The van der Waals surface area contributed by atoms with Crippen molar-refractivity contribution in [1.82, 2.24) is 0 Å². The van der Waals surface area contributed by atoms with Crippen LogP contribution in [0.5, 0.6) is 0 Å². The summed E-state index contributed by atoms with van der Waals surface area (Å²) in [5.41, 5.74) is 7.01. The van der Waals surface area contributed by atoms with Crippen molar-refractivity contribution < 1.29 is 18.3 Å². The van der Waals surface area contributed by atoms with Gasteiger partial charge in [-0.15, -0.1) is 0 Å². The van der Waals surface area contributed by atoms with Gasteiger partial charge in [0, 0.05) is 6.42 Å². The summed E-state index contributed by atoms with van der Waals surface area (Å²) in [6.07, 6.45) is 12.3. The first-order chi connectivity index (χ1) is 13.8. The molecule has 1 aromatic rings. The molecule has 0 heterocycles. The second-order valence-corrected chi connectivity index (χ2v) is 7.13. The summed E-state index contributed by atoms with van der Waals surface area (Å²) in [5, 5.41) is 0. The van der Waals surface area contributed by atoms with Crippen molar-refractivity contribution in [2.24, 2.45) is 0 Å². The van der Waals surface area contributed by atoms with Crippen LogP contribution in [0.15, 0.2) is 88.9 Å². The average molecular weight is 392 g/mol. The topological polar surface area (TPSA) is 26.3 Å². The van der Waals surface area contributed by atoms with Crippen molar-refractivity contribution in [1.29, 1.82) is 0 Å². The van der Waals surface area contributed by atoms with Crippen molar-refractivity contribution in [2.45, 2.75) is 33.6 Å². The van der Waals surface area contributed by atoms with Crippen LogP contribution in [0.3, 0.4) is 0 Å². The average Bonchev–Trinajstić information content (AvgIpc) is 2.90. The number of hydrogen-bond acceptors (Lipinski definition) is 2. The molecule has 4 heteroatoms. The van der Waals surface area contributed by atoms with E-state index >= 15 is 0 Å². The molecule has 29 heavy (non-hydrogen) atoms. The maximum absolute atomic E-state index is 14.3. The van der Waals surface area contributed by atoms with Gasteiger partial charge in [-0.25, -0.2) is 4.79 Å².